The van der Waals surface area contributed by atoms with E-state index in [4.69, 9.17) is 4.74 Å². The highest BCUT2D eigenvalue weighted by molar-refractivity contribution is 7.88. The van der Waals surface area contributed by atoms with Gasteiger partial charge in [-0.05, 0) is 56.5 Å². The molecule has 30 heavy (non-hydrogen) atoms. The maximum absolute atomic E-state index is 13.0. The topological polar surface area (TPSA) is 75.7 Å². The smallest absolute Gasteiger partial charge is 0.227 e. The van der Waals surface area contributed by atoms with Gasteiger partial charge in [0, 0.05) is 19.0 Å². The molecule has 3 rings (SSSR count). The standard InChI is InChI=1S/C22H27FN2O4S/c1-16(2)29-21-6-4-3-5-20(21)24-22(26)18-11-13-25(14-12-18)30(27,28)15-17-7-9-19(23)10-8-17/h3-10,16,18H,11-15H2,1-2H3,(H,24,26). The highest BCUT2D eigenvalue weighted by atomic mass is 32.2. The third-order valence-electron chi connectivity index (χ3n) is 4.99. The number of carbonyl (C=O) groups excluding carboxylic acids is 1. The summed E-state index contributed by atoms with van der Waals surface area (Å²) in [5, 5.41) is 2.92. The number of para-hydroxylation sites is 2. The molecule has 8 heteroatoms. The van der Waals surface area contributed by atoms with Gasteiger partial charge in [0.1, 0.15) is 11.6 Å². The fourth-order valence-corrected chi connectivity index (χ4v) is 5.00. The highest BCUT2D eigenvalue weighted by Crippen LogP contribution is 2.28. The molecule has 0 radical (unpaired) electrons. The molecule has 0 saturated carbocycles. The van der Waals surface area contributed by atoms with E-state index in [1.54, 1.807) is 12.1 Å². The maximum atomic E-state index is 13.0. The van der Waals surface area contributed by atoms with E-state index in [9.17, 15) is 17.6 Å². The Morgan fingerprint density at radius 2 is 1.77 bits per heavy atom. The van der Waals surface area contributed by atoms with Crippen molar-refractivity contribution in [3.8, 4) is 5.75 Å². The van der Waals surface area contributed by atoms with Gasteiger partial charge in [-0.25, -0.2) is 17.1 Å². The first-order valence-corrected chi connectivity index (χ1v) is 11.6. The molecule has 0 unspecified atom stereocenters. The summed E-state index contributed by atoms with van der Waals surface area (Å²) in [6, 6.07) is 12.7. The minimum atomic E-state index is -3.52. The minimum absolute atomic E-state index is 0.0161. The molecule has 1 N–H and O–H groups in total. The summed E-state index contributed by atoms with van der Waals surface area (Å²) in [5.74, 6) is -0.368. The Labute approximate surface area is 177 Å². The molecule has 162 valence electrons. The lowest BCUT2D eigenvalue weighted by atomic mass is 9.97. The summed E-state index contributed by atoms with van der Waals surface area (Å²) in [6.07, 6.45) is 0.876. The molecule has 6 nitrogen and oxygen atoms in total. The number of rotatable bonds is 7. The number of ether oxygens (including phenoxy) is 1. The summed E-state index contributed by atoms with van der Waals surface area (Å²) < 4.78 is 45.5. The SMILES string of the molecule is CC(C)Oc1ccccc1NC(=O)C1CCN(S(=O)(=O)Cc2ccc(F)cc2)CC1. The molecular formula is C22H27FN2O4S. The van der Waals surface area contributed by atoms with Crippen LogP contribution in [0.5, 0.6) is 5.75 Å². The van der Waals surface area contributed by atoms with Crippen LogP contribution >= 0.6 is 0 Å². The molecule has 0 aromatic heterocycles. The Balaban J connectivity index is 1.57. The van der Waals surface area contributed by atoms with Crippen LogP contribution in [0.4, 0.5) is 10.1 Å². The number of hydrogen-bond acceptors (Lipinski definition) is 4. The second-order valence-electron chi connectivity index (χ2n) is 7.71. The van der Waals surface area contributed by atoms with Gasteiger partial charge in [0.05, 0.1) is 17.5 Å². The van der Waals surface area contributed by atoms with Gasteiger partial charge in [-0.3, -0.25) is 4.79 Å². The van der Waals surface area contributed by atoms with Gasteiger partial charge in [-0.15, -0.1) is 0 Å². The first-order chi connectivity index (χ1) is 14.2. The molecule has 1 amide bonds. The van der Waals surface area contributed by atoms with Gasteiger partial charge in [-0.2, -0.15) is 0 Å². The number of nitrogens with zero attached hydrogens (tertiary/aromatic N) is 1. The Morgan fingerprint density at radius 1 is 1.13 bits per heavy atom. The average molecular weight is 435 g/mol. The van der Waals surface area contributed by atoms with E-state index in [-0.39, 0.29) is 36.8 Å². The van der Waals surface area contributed by atoms with E-state index < -0.39 is 15.8 Å². The number of halogens is 1. The average Bonchev–Trinajstić information content (AvgIpc) is 2.71. The second-order valence-corrected chi connectivity index (χ2v) is 9.68. The summed E-state index contributed by atoms with van der Waals surface area (Å²) in [4.78, 5) is 12.7. The van der Waals surface area contributed by atoms with E-state index in [1.165, 1.54) is 28.6 Å². The van der Waals surface area contributed by atoms with Crippen molar-refractivity contribution >= 4 is 21.6 Å². The fourth-order valence-electron chi connectivity index (χ4n) is 3.44. The molecule has 1 saturated heterocycles. The number of sulfonamides is 1. The van der Waals surface area contributed by atoms with E-state index in [2.05, 4.69) is 5.32 Å². The molecule has 2 aromatic rings. The normalized spacial score (nSPS) is 15.9. The zero-order valence-corrected chi connectivity index (χ0v) is 18.0. The molecule has 1 aliphatic rings. The Kier molecular flexibility index (Phi) is 7.10. The van der Waals surface area contributed by atoms with Gasteiger partial charge < -0.3 is 10.1 Å². The van der Waals surface area contributed by atoms with Crippen LogP contribution in [0.2, 0.25) is 0 Å². The van der Waals surface area contributed by atoms with E-state index >= 15 is 0 Å². The molecule has 0 spiro atoms. The quantitative estimate of drug-likeness (QED) is 0.719. The monoisotopic (exact) mass is 434 g/mol. The van der Waals surface area contributed by atoms with Crippen LogP contribution < -0.4 is 10.1 Å². The number of hydrogen-bond donors (Lipinski definition) is 1. The van der Waals surface area contributed by atoms with Crippen molar-refractivity contribution in [2.75, 3.05) is 18.4 Å². The predicted molar refractivity (Wildman–Crippen MR) is 114 cm³/mol. The van der Waals surface area contributed by atoms with Crippen LogP contribution in [0.3, 0.4) is 0 Å². The summed E-state index contributed by atoms with van der Waals surface area (Å²) in [6.45, 7) is 4.40. The van der Waals surface area contributed by atoms with E-state index in [1.807, 2.05) is 26.0 Å². The molecule has 1 heterocycles. The Bertz CT molecular complexity index is 969. The lowest BCUT2D eigenvalue weighted by Gasteiger charge is -2.30. The summed E-state index contributed by atoms with van der Waals surface area (Å²) >= 11 is 0. The Hall–Kier alpha value is -2.45. The largest absolute Gasteiger partial charge is 0.489 e. The van der Waals surface area contributed by atoms with E-state index in [0.29, 0.717) is 29.8 Å². The second kappa shape index (κ2) is 9.57. The van der Waals surface area contributed by atoms with Crippen molar-refractivity contribution in [2.45, 2.75) is 38.5 Å². The summed E-state index contributed by atoms with van der Waals surface area (Å²) in [7, 11) is -3.52. The van der Waals surface area contributed by atoms with Gasteiger partial charge in [0.25, 0.3) is 0 Å². The summed E-state index contributed by atoms with van der Waals surface area (Å²) in [5.41, 5.74) is 1.15. The van der Waals surface area contributed by atoms with E-state index in [0.717, 1.165) is 0 Å². The first-order valence-electron chi connectivity index (χ1n) is 10.0. The number of nitrogens with one attached hydrogen (secondary N) is 1. The minimum Gasteiger partial charge on any atom is -0.489 e. The van der Waals surface area contributed by atoms with Gasteiger partial charge in [0.15, 0.2) is 0 Å². The van der Waals surface area contributed by atoms with Crippen LogP contribution in [-0.4, -0.2) is 37.8 Å². The molecule has 0 aliphatic carbocycles. The van der Waals surface area contributed by atoms with Crippen molar-refractivity contribution in [3.63, 3.8) is 0 Å². The van der Waals surface area contributed by atoms with Crippen molar-refractivity contribution in [1.82, 2.24) is 4.31 Å². The fraction of sp³-hybridized carbons (Fsp3) is 0.409. The van der Waals surface area contributed by atoms with Crippen LogP contribution in [0.15, 0.2) is 48.5 Å². The van der Waals surface area contributed by atoms with Crippen LogP contribution in [0.1, 0.15) is 32.3 Å². The number of carbonyl (C=O) groups is 1. The number of anilines is 1. The van der Waals surface area contributed by atoms with Gasteiger partial charge >= 0.3 is 0 Å². The molecule has 0 atom stereocenters. The van der Waals surface area contributed by atoms with Crippen LogP contribution in [0.25, 0.3) is 0 Å². The van der Waals surface area contributed by atoms with Crippen molar-refractivity contribution in [3.05, 3.63) is 59.9 Å². The first kappa shape index (κ1) is 22.2. The van der Waals surface area contributed by atoms with Gasteiger partial charge in [0.2, 0.25) is 15.9 Å². The lowest BCUT2D eigenvalue weighted by Crippen LogP contribution is -2.41. The predicted octanol–water partition coefficient (Wildman–Crippen LogP) is 3.79. The van der Waals surface area contributed by atoms with Crippen molar-refractivity contribution in [1.29, 1.82) is 0 Å². The number of benzene rings is 2. The maximum Gasteiger partial charge on any atom is 0.227 e. The van der Waals surface area contributed by atoms with Crippen LogP contribution in [-0.2, 0) is 20.6 Å². The third kappa shape index (κ3) is 5.79. The molecule has 0 bridgehead atoms. The molecule has 2 aromatic carbocycles. The third-order valence-corrected chi connectivity index (χ3v) is 6.84. The zero-order chi connectivity index (χ0) is 21.7. The molecular weight excluding hydrogens is 407 g/mol. The highest BCUT2D eigenvalue weighted by Gasteiger charge is 2.31. The molecule has 1 fully saturated rings. The number of amides is 1. The van der Waals surface area contributed by atoms with Crippen LogP contribution in [0, 0.1) is 11.7 Å². The van der Waals surface area contributed by atoms with Crippen molar-refractivity contribution < 1.29 is 22.3 Å². The Morgan fingerprint density at radius 3 is 2.40 bits per heavy atom. The lowest BCUT2D eigenvalue weighted by molar-refractivity contribution is -0.120. The number of piperidine rings is 1. The molecule has 1 aliphatic heterocycles. The van der Waals surface area contributed by atoms with Crippen molar-refractivity contribution in [2.24, 2.45) is 5.92 Å². The zero-order valence-electron chi connectivity index (χ0n) is 17.2. The van der Waals surface area contributed by atoms with Gasteiger partial charge in [-0.1, -0.05) is 24.3 Å².